The maximum absolute atomic E-state index is 13.8. The van der Waals surface area contributed by atoms with Gasteiger partial charge in [0.1, 0.15) is 4.90 Å². The predicted octanol–water partition coefficient (Wildman–Crippen LogP) is 3.48. The molecule has 0 heterocycles. The zero-order chi connectivity index (χ0) is 15.8. The fourth-order valence-corrected chi connectivity index (χ4v) is 3.61. The van der Waals surface area contributed by atoms with E-state index in [-0.39, 0.29) is 21.3 Å². The molecule has 0 saturated heterocycles. The van der Waals surface area contributed by atoms with Crippen LogP contribution in [0, 0.1) is 19.7 Å². The molecule has 0 unspecified atom stereocenters. The summed E-state index contributed by atoms with van der Waals surface area (Å²) in [5, 5.41) is -0.163. The molecule has 0 amide bonds. The summed E-state index contributed by atoms with van der Waals surface area (Å²) in [5.74, 6) is -0.827. The first-order valence-corrected chi connectivity index (χ1v) is 7.92. The van der Waals surface area contributed by atoms with Crippen molar-refractivity contribution in [3.63, 3.8) is 0 Å². The van der Waals surface area contributed by atoms with Crippen LogP contribution in [-0.2, 0) is 10.0 Å². The van der Waals surface area contributed by atoms with E-state index in [9.17, 15) is 12.8 Å². The smallest absolute Gasteiger partial charge is 0.264 e. The third kappa shape index (κ3) is 2.96. The first kappa shape index (κ1) is 15.6. The summed E-state index contributed by atoms with van der Waals surface area (Å²) in [5.41, 5.74) is 6.94. The van der Waals surface area contributed by atoms with Gasteiger partial charge in [0.15, 0.2) is 5.82 Å². The van der Waals surface area contributed by atoms with E-state index in [1.54, 1.807) is 19.9 Å². The van der Waals surface area contributed by atoms with E-state index >= 15 is 0 Å². The summed E-state index contributed by atoms with van der Waals surface area (Å²) >= 11 is 5.64. The first-order chi connectivity index (χ1) is 9.74. The van der Waals surface area contributed by atoms with Crippen LogP contribution in [0.4, 0.5) is 15.8 Å². The standard InChI is InChI=1S/C14H14ClFN2O2S/c1-8-6-7-11(17)14(9(8)2)21(19,20)18-12-5-3-4-10(15)13(12)16/h3-7,18H,17H2,1-2H3. The van der Waals surface area contributed by atoms with Gasteiger partial charge in [-0.05, 0) is 43.2 Å². The number of nitrogens with one attached hydrogen (secondary N) is 1. The summed E-state index contributed by atoms with van der Waals surface area (Å²) in [7, 11) is -4.01. The fourth-order valence-electron chi connectivity index (χ4n) is 1.95. The Hall–Kier alpha value is -1.79. The minimum atomic E-state index is -4.01. The van der Waals surface area contributed by atoms with Crippen LogP contribution in [0.3, 0.4) is 0 Å². The van der Waals surface area contributed by atoms with Crippen LogP contribution in [0.1, 0.15) is 11.1 Å². The Balaban J connectivity index is 2.54. The van der Waals surface area contributed by atoms with Gasteiger partial charge in [-0.2, -0.15) is 0 Å². The molecule has 0 aliphatic heterocycles. The normalized spacial score (nSPS) is 11.4. The Bertz CT molecular complexity index is 807. The van der Waals surface area contributed by atoms with Crippen molar-refractivity contribution in [1.82, 2.24) is 0 Å². The van der Waals surface area contributed by atoms with Gasteiger partial charge in [-0.25, -0.2) is 12.8 Å². The molecular weight excluding hydrogens is 315 g/mol. The van der Waals surface area contributed by atoms with Gasteiger partial charge in [-0.3, -0.25) is 4.72 Å². The van der Waals surface area contributed by atoms with Crippen molar-refractivity contribution in [2.75, 3.05) is 10.5 Å². The van der Waals surface area contributed by atoms with Gasteiger partial charge in [0.05, 0.1) is 16.4 Å². The number of hydrogen-bond donors (Lipinski definition) is 2. The third-order valence-electron chi connectivity index (χ3n) is 3.17. The maximum atomic E-state index is 13.8. The zero-order valence-electron chi connectivity index (χ0n) is 11.4. The van der Waals surface area contributed by atoms with E-state index in [0.717, 1.165) is 5.56 Å². The van der Waals surface area contributed by atoms with Crippen LogP contribution in [0.5, 0.6) is 0 Å². The molecule has 0 aromatic heterocycles. The highest BCUT2D eigenvalue weighted by Crippen LogP contribution is 2.29. The lowest BCUT2D eigenvalue weighted by Crippen LogP contribution is -2.17. The summed E-state index contributed by atoms with van der Waals surface area (Å²) in [6.07, 6.45) is 0. The largest absolute Gasteiger partial charge is 0.398 e. The zero-order valence-corrected chi connectivity index (χ0v) is 13.0. The van der Waals surface area contributed by atoms with Crippen molar-refractivity contribution < 1.29 is 12.8 Å². The molecule has 4 nitrogen and oxygen atoms in total. The fraction of sp³-hybridized carbons (Fsp3) is 0.143. The lowest BCUT2D eigenvalue weighted by atomic mass is 10.1. The van der Waals surface area contributed by atoms with Gasteiger partial charge in [0.2, 0.25) is 0 Å². The van der Waals surface area contributed by atoms with Crippen LogP contribution < -0.4 is 10.5 Å². The van der Waals surface area contributed by atoms with Crippen LogP contribution >= 0.6 is 11.6 Å². The van der Waals surface area contributed by atoms with Crippen molar-refractivity contribution in [1.29, 1.82) is 0 Å². The minimum Gasteiger partial charge on any atom is -0.398 e. The van der Waals surface area contributed by atoms with Gasteiger partial charge >= 0.3 is 0 Å². The Labute approximate surface area is 127 Å². The molecular formula is C14H14ClFN2O2S. The number of sulfonamides is 1. The van der Waals surface area contributed by atoms with Gasteiger partial charge in [0.25, 0.3) is 10.0 Å². The van der Waals surface area contributed by atoms with Crippen molar-refractivity contribution in [3.05, 3.63) is 52.3 Å². The van der Waals surface area contributed by atoms with Crippen LogP contribution in [-0.4, -0.2) is 8.42 Å². The molecule has 21 heavy (non-hydrogen) atoms. The Morgan fingerprint density at radius 2 is 1.86 bits per heavy atom. The molecule has 0 radical (unpaired) electrons. The van der Waals surface area contributed by atoms with Crippen LogP contribution in [0.2, 0.25) is 5.02 Å². The summed E-state index contributed by atoms with van der Waals surface area (Å²) in [6, 6.07) is 7.31. The number of anilines is 2. The molecule has 112 valence electrons. The molecule has 0 atom stereocenters. The molecule has 7 heteroatoms. The van der Waals surface area contributed by atoms with Gasteiger partial charge in [-0.1, -0.05) is 23.7 Å². The predicted molar refractivity (Wildman–Crippen MR) is 82.5 cm³/mol. The molecule has 2 aromatic rings. The van der Waals surface area contributed by atoms with E-state index in [1.165, 1.54) is 24.3 Å². The van der Waals surface area contributed by atoms with Crippen molar-refractivity contribution in [2.24, 2.45) is 0 Å². The molecule has 0 aliphatic carbocycles. The number of nitrogen functional groups attached to an aromatic ring is 1. The quantitative estimate of drug-likeness (QED) is 0.847. The molecule has 0 fully saturated rings. The highest BCUT2D eigenvalue weighted by molar-refractivity contribution is 7.93. The number of halogens is 2. The summed E-state index contributed by atoms with van der Waals surface area (Å²) in [4.78, 5) is -0.0538. The second-order valence-electron chi connectivity index (χ2n) is 4.63. The third-order valence-corrected chi connectivity index (χ3v) is 5.03. The molecule has 2 rings (SSSR count). The number of rotatable bonds is 3. The SMILES string of the molecule is Cc1ccc(N)c(S(=O)(=O)Nc2cccc(Cl)c2F)c1C. The topological polar surface area (TPSA) is 72.2 Å². The average Bonchev–Trinajstić information content (AvgIpc) is 2.39. The van der Waals surface area contributed by atoms with E-state index in [2.05, 4.69) is 4.72 Å². The van der Waals surface area contributed by atoms with Crippen molar-refractivity contribution >= 4 is 33.0 Å². The molecule has 0 saturated carbocycles. The lowest BCUT2D eigenvalue weighted by Gasteiger charge is -2.14. The summed E-state index contributed by atoms with van der Waals surface area (Å²) < 4.78 is 40.9. The van der Waals surface area contributed by atoms with Gasteiger partial charge in [-0.15, -0.1) is 0 Å². The van der Waals surface area contributed by atoms with E-state index in [1.807, 2.05) is 0 Å². The molecule has 2 aromatic carbocycles. The number of hydrogen-bond acceptors (Lipinski definition) is 3. The Morgan fingerprint density at radius 3 is 2.52 bits per heavy atom. The van der Waals surface area contributed by atoms with E-state index in [0.29, 0.717) is 5.56 Å². The molecule has 0 bridgehead atoms. The molecule has 3 N–H and O–H groups in total. The maximum Gasteiger partial charge on any atom is 0.264 e. The Kier molecular flexibility index (Phi) is 4.11. The molecule has 0 aliphatic rings. The number of benzene rings is 2. The second-order valence-corrected chi connectivity index (χ2v) is 6.66. The first-order valence-electron chi connectivity index (χ1n) is 6.06. The van der Waals surface area contributed by atoms with Crippen molar-refractivity contribution in [2.45, 2.75) is 18.7 Å². The summed E-state index contributed by atoms with van der Waals surface area (Å²) in [6.45, 7) is 3.42. The van der Waals surface area contributed by atoms with Gasteiger partial charge < -0.3 is 5.73 Å². The minimum absolute atomic E-state index is 0.0538. The molecule has 0 spiro atoms. The number of nitrogens with two attached hydrogens (primary N) is 1. The second kappa shape index (κ2) is 5.54. The monoisotopic (exact) mass is 328 g/mol. The van der Waals surface area contributed by atoms with Crippen LogP contribution in [0.15, 0.2) is 35.2 Å². The Morgan fingerprint density at radius 1 is 1.19 bits per heavy atom. The highest BCUT2D eigenvalue weighted by atomic mass is 35.5. The lowest BCUT2D eigenvalue weighted by molar-refractivity contribution is 0.598. The average molecular weight is 329 g/mol. The number of aryl methyl sites for hydroxylation is 1. The van der Waals surface area contributed by atoms with Crippen molar-refractivity contribution in [3.8, 4) is 0 Å². The van der Waals surface area contributed by atoms with E-state index < -0.39 is 15.8 Å². The highest BCUT2D eigenvalue weighted by Gasteiger charge is 2.23. The van der Waals surface area contributed by atoms with Gasteiger partial charge in [0, 0.05) is 0 Å². The van der Waals surface area contributed by atoms with Crippen LogP contribution in [0.25, 0.3) is 0 Å². The van der Waals surface area contributed by atoms with E-state index in [4.69, 9.17) is 17.3 Å².